The van der Waals surface area contributed by atoms with Crippen molar-refractivity contribution in [2.24, 2.45) is 0 Å². The zero-order chi connectivity index (χ0) is 26.1. The fourth-order valence-electron chi connectivity index (χ4n) is 4.03. The van der Waals surface area contributed by atoms with Crippen molar-refractivity contribution in [2.75, 3.05) is 18.6 Å². The Labute approximate surface area is 211 Å². The van der Waals surface area contributed by atoms with Gasteiger partial charge >= 0.3 is 5.91 Å². The summed E-state index contributed by atoms with van der Waals surface area (Å²) < 4.78 is 10.7. The summed E-state index contributed by atoms with van der Waals surface area (Å²) in [5.41, 5.74) is 0.986. The van der Waals surface area contributed by atoms with Crippen molar-refractivity contribution in [3.05, 3.63) is 69.7 Å². The minimum atomic E-state index is -1.09. The maximum Gasteiger partial charge on any atom is 0.301 e. The van der Waals surface area contributed by atoms with E-state index < -0.39 is 17.7 Å². The van der Waals surface area contributed by atoms with Gasteiger partial charge in [0.15, 0.2) is 22.4 Å². The van der Waals surface area contributed by atoms with Gasteiger partial charge in [0.05, 0.1) is 35.9 Å². The van der Waals surface area contributed by atoms with E-state index in [1.165, 1.54) is 37.1 Å². The van der Waals surface area contributed by atoms with E-state index in [1.54, 1.807) is 38.1 Å². The molecule has 1 saturated heterocycles. The highest BCUT2D eigenvalue weighted by Crippen LogP contribution is 2.45. The molecule has 1 aliphatic heterocycles. The van der Waals surface area contributed by atoms with E-state index in [0.717, 1.165) is 11.3 Å². The smallest absolute Gasteiger partial charge is 0.301 e. The molecule has 0 spiro atoms. The SMILES string of the molecule is CCOc1cc([C@H]2C(=C(O)c3ccc(OC)cc3)C(=O)C(=O)N2c2nc(C)c(C(C)=O)s2)ccc1O. The predicted molar refractivity (Wildman–Crippen MR) is 134 cm³/mol. The molecular formula is C26H24N2O7S. The van der Waals surface area contributed by atoms with Crippen LogP contribution in [-0.2, 0) is 9.59 Å². The van der Waals surface area contributed by atoms with Crippen molar-refractivity contribution in [3.63, 3.8) is 0 Å². The third-order valence-electron chi connectivity index (χ3n) is 5.72. The number of carbonyl (C=O) groups excluding carboxylic acids is 3. The van der Waals surface area contributed by atoms with Crippen LogP contribution in [-0.4, -0.2) is 46.4 Å². The molecule has 10 heteroatoms. The van der Waals surface area contributed by atoms with E-state index in [-0.39, 0.29) is 40.4 Å². The number of thiazole rings is 1. The van der Waals surface area contributed by atoms with Crippen LogP contribution < -0.4 is 14.4 Å². The normalized spacial score (nSPS) is 16.9. The zero-order valence-electron chi connectivity index (χ0n) is 20.1. The molecular weight excluding hydrogens is 484 g/mol. The first-order valence-corrected chi connectivity index (χ1v) is 11.9. The Balaban J connectivity index is 1.95. The number of Topliss-reactive ketones (excluding diaryl/α,β-unsaturated/α-hetero) is 2. The fraction of sp³-hybridized carbons (Fsp3) is 0.231. The Morgan fingerprint density at radius 2 is 1.86 bits per heavy atom. The molecule has 1 atom stereocenters. The minimum absolute atomic E-state index is 0.114. The van der Waals surface area contributed by atoms with E-state index in [4.69, 9.17) is 9.47 Å². The number of aliphatic hydroxyl groups excluding tert-OH is 1. The molecule has 0 saturated carbocycles. The number of hydrogen-bond acceptors (Lipinski definition) is 9. The van der Waals surface area contributed by atoms with Gasteiger partial charge in [0.2, 0.25) is 0 Å². The number of aromatic hydroxyl groups is 1. The number of phenols is 1. The molecule has 3 aromatic rings. The number of ketones is 2. The molecule has 9 nitrogen and oxygen atoms in total. The number of aliphatic hydroxyl groups is 1. The van der Waals surface area contributed by atoms with Crippen molar-refractivity contribution >= 4 is 39.7 Å². The Kier molecular flexibility index (Phi) is 6.80. The van der Waals surface area contributed by atoms with Crippen LogP contribution in [0.3, 0.4) is 0 Å². The highest BCUT2D eigenvalue weighted by Gasteiger charge is 2.48. The van der Waals surface area contributed by atoms with E-state index >= 15 is 0 Å². The number of rotatable bonds is 7. The van der Waals surface area contributed by atoms with Gasteiger partial charge in [-0.2, -0.15) is 0 Å². The molecule has 2 N–H and O–H groups in total. The van der Waals surface area contributed by atoms with E-state index in [9.17, 15) is 24.6 Å². The summed E-state index contributed by atoms with van der Waals surface area (Å²) in [7, 11) is 1.51. The molecule has 0 radical (unpaired) electrons. The van der Waals surface area contributed by atoms with E-state index in [0.29, 0.717) is 27.4 Å². The summed E-state index contributed by atoms with van der Waals surface area (Å²) >= 11 is 0.992. The van der Waals surface area contributed by atoms with Gasteiger partial charge in [-0.15, -0.1) is 0 Å². The monoisotopic (exact) mass is 508 g/mol. The molecule has 1 aromatic heterocycles. The molecule has 186 valence electrons. The Morgan fingerprint density at radius 3 is 2.44 bits per heavy atom. The Hall–Kier alpha value is -4.18. The van der Waals surface area contributed by atoms with Gasteiger partial charge in [0.1, 0.15) is 11.5 Å². The summed E-state index contributed by atoms with van der Waals surface area (Å²) in [5, 5.41) is 21.6. The maximum atomic E-state index is 13.3. The summed E-state index contributed by atoms with van der Waals surface area (Å²) in [6.07, 6.45) is 0. The van der Waals surface area contributed by atoms with Crippen molar-refractivity contribution in [1.82, 2.24) is 4.98 Å². The molecule has 36 heavy (non-hydrogen) atoms. The van der Waals surface area contributed by atoms with Crippen LogP contribution in [0.5, 0.6) is 17.2 Å². The third kappa shape index (κ3) is 4.31. The summed E-state index contributed by atoms with van der Waals surface area (Å²) in [4.78, 5) is 44.6. The van der Waals surface area contributed by atoms with Gasteiger partial charge in [0.25, 0.3) is 5.78 Å². The van der Waals surface area contributed by atoms with E-state index in [1.807, 2.05) is 0 Å². The number of aromatic nitrogens is 1. The number of aryl methyl sites for hydroxylation is 1. The highest BCUT2D eigenvalue weighted by atomic mass is 32.1. The number of nitrogens with zero attached hydrogens (tertiary/aromatic N) is 2. The molecule has 0 unspecified atom stereocenters. The Morgan fingerprint density at radius 1 is 1.17 bits per heavy atom. The number of ether oxygens (including phenoxy) is 2. The van der Waals surface area contributed by atoms with Crippen LogP contribution in [0.25, 0.3) is 5.76 Å². The summed E-state index contributed by atoms with van der Waals surface area (Å²) in [5.74, 6) is -1.80. The largest absolute Gasteiger partial charge is 0.507 e. The molecule has 2 heterocycles. The van der Waals surface area contributed by atoms with Crippen LogP contribution in [0, 0.1) is 6.92 Å². The van der Waals surface area contributed by atoms with Crippen molar-refractivity contribution in [3.8, 4) is 17.2 Å². The van der Waals surface area contributed by atoms with Crippen molar-refractivity contribution in [2.45, 2.75) is 26.8 Å². The van der Waals surface area contributed by atoms with Crippen LogP contribution in [0.1, 0.15) is 46.4 Å². The van der Waals surface area contributed by atoms with Gasteiger partial charge in [-0.05, 0) is 55.8 Å². The van der Waals surface area contributed by atoms with Gasteiger partial charge in [0, 0.05) is 12.5 Å². The van der Waals surface area contributed by atoms with Gasteiger partial charge in [-0.3, -0.25) is 19.3 Å². The van der Waals surface area contributed by atoms with Gasteiger partial charge in [-0.25, -0.2) is 4.98 Å². The third-order valence-corrected chi connectivity index (χ3v) is 6.98. The number of benzene rings is 2. The summed E-state index contributed by atoms with van der Waals surface area (Å²) in [6.45, 7) is 5.07. The topological polar surface area (TPSA) is 126 Å². The minimum Gasteiger partial charge on any atom is -0.507 e. The highest BCUT2D eigenvalue weighted by molar-refractivity contribution is 7.18. The van der Waals surface area contributed by atoms with Crippen LogP contribution in [0.4, 0.5) is 5.13 Å². The average Bonchev–Trinajstić information content (AvgIpc) is 3.37. The average molecular weight is 509 g/mol. The standard InChI is InChI=1S/C26H24N2O7S/c1-5-35-19-12-16(8-11-18(19)30)21-20(22(31)15-6-9-17(34-4)10-7-15)23(32)25(33)28(21)26-27-13(2)24(36-26)14(3)29/h6-12,21,30-31H,5H2,1-4H3/t21-/m0/s1. The second kappa shape index (κ2) is 9.82. The van der Waals surface area contributed by atoms with Crippen LogP contribution in [0.2, 0.25) is 0 Å². The number of anilines is 1. The zero-order valence-corrected chi connectivity index (χ0v) is 20.9. The van der Waals surface area contributed by atoms with Crippen molar-refractivity contribution < 1.29 is 34.1 Å². The Bertz CT molecular complexity index is 1390. The first-order chi connectivity index (χ1) is 17.2. The lowest BCUT2D eigenvalue weighted by Gasteiger charge is -2.23. The second-order valence-corrected chi connectivity index (χ2v) is 9.00. The molecule has 4 rings (SSSR count). The van der Waals surface area contributed by atoms with Crippen LogP contribution >= 0.6 is 11.3 Å². The number of carbonyl (C=O) groups is 3. The van der Waals surface area contributed by atoms with Gasteiger partial charge < -0.3 is 19.7 Å². The second-order valence-electron chi connectivity index (χ2n) is 8.02. The van der Waals surface area contributed by atoms with Crippen LogP contribution in [0.15, 0.2) is 48.0 Å². The molecule has 1 amide bonds. The quantitative estimate of drug-likeness (QED) is 0.208. The number of phenolic OH excluding ortho intramolecular Hbond substituents is 1. The number of hydrogen-bond donors (Lipinski definition) is 2. The first-order valence-electron chi connectivity index (χ1n) is 11.1. The lowest BCUT2D eigenvalue weighted by molar-refractivity contribution is -0.132. The molecule has 0 bridgehead atoms. The molecule has 1 aliphatic rings. The lowest BCUT2D eigenvalue weighted by atomic mass is 9.95. The molecule has 1 fully saturated rings. The molecule has 0 aliphatic carbocycles. The fourth-order valence-corrected chi connectivity index (χ4v) is 5.02. The number of amides is 1. The molecule has 2 aromatic carbocycles. The lowest BCUT2D eigenvalue weighted by Crippen LogP contribution is -2.29. The van der Waals surface area contributed by atoms with Crippen molar-refractivity contribution in [1.29, 1.82) is 0 Å². The summed E-state index contributed by atoms with van der Waals surface area (Å²) in [6, 6.07) is 9.74. The van der Waals surface area contributed by atoms with E-state index in [2.05, 4.69) is 4.98 Å². The number of methoxy groups -OCH3 is 1. The first kappa shape index (κ1) is 24.9. The predicted octanol–water partition coefficient (Wildman–Crippen LogP) is 4.39. The van der Waals surface area contributed by atoms with Gasteiger partial charge in [-0.1, -0.05) is 17.4 Å². The maximum absolute atomic E-state index is 13.3.